The molecule has 0 radical (unpaired) electrons. The van der Waals surface area contributed by atoms with Crippen LogP contribution in [0.15, 0.2) is 10.7 Å². The Morgan fingerprint density at radius 3 is 2.00 bits per heavy atom. The minimum Gasteiger partial charge on any atom is -0.511 e. The number of allylic oxidation sites excluding steroid dienone is 2. The molecule has 13 heavy (non-hydrogen) atoms. The SMILES string of the molecule is CC(=O)[C-]=C(C)N=[C-]C(C)(C)C.[W+2]. The number of carbonyl (C=O) groups is 1. The molecule has 0 bridgehead atoms. The average molecular weight is 349 g/mol. The van der Waals surface area contributed by atoms with E-state index in [0.29, 0.717) is 5.70 Å². The van der Waals surface area contributed by atoms with Crippen LogP contribution in [0.5, 0.6) is 0 Å². The second-order valence-electron chi connectivity index (χ2n) is 3.74. The molecule has 0 aliphatic heterocycles. The van der Waals surface area contributed by atoms with Crippen LogP contribution >= 0.6 is 0 Å². The predicted octanol–water partition coefficient (Wildman–Crippen LogP) is 2.27. The Balaban J connectivity index is 0. The van der Waals surface area contributed by atoms with E-state index in [4.69, 9.17) is 0 Å². The smallest absolute Gasteiger partial charge is 0.511 e. The van der Waals surface area contributed by atoms with Gasteiger partial charge < -0.3 is 15.9 Å². The van der Waals surface area contributed by atoms with Crippen LogP contribution in [-0.4, -0.2) is 12.0 Å². The second-order valence-corrected chi connectivity index (χ2v) is 3.74. The summed E-state index contributed by atoms with van der Waals surface area (Å²) in [6.07, 6.45) is 5.46. The van der Waals surface area contributed by atoms with E-state index in [1.54, 1.807) is 6.92 Å². The Bertz CT molecular complexity index is 224. The van der Waals surface area contributed by atoms with Crippen LogP contribution in [0.4, 0.5) is 0 Å². The maximum Gasteiger partial charge on any atom is 2.00 e. The van der Waals surface area contributed by atoms with Crippen molar-refractivity contribution in [2.75, 3.05) is 0 Å². The first-order chi connectivity index (χ1) is 5.31. The van der Waals surface area contributed by atoms with Crippen molar-refractivity contribution in [1.29, 1.82) is 0 Å². The molecule has 0 fully saturated rings. The Morgan fingerprint density at radius 1 is 1.23 bits per heavy atom. The van der Waals surface area contributed by atoms with Gasteiger partial charge in [0.25, 0.3) is 0 Å². The van der Waals surface area contributed by atoms with E-state index in [9.17, 15) is 4.79 Å². The third-order valence-electron chi connectivity index (χ3n) is 0.916. The van der Waals surface area contributed by atoms with Crippen LogP contribution < -0.4 is 0 Å². The molecule has 0 aromatic rings. The largest absolute Gasteiger partial charge is 2.00 e. The third kappa shape index (κ3) is 11.8. The fraction of sp³-hybridized carbons (Fsp3) is 0.600. The van der Waals surface area contributed by atoms with Gasteiger partial charge >= 0.3 is 21.1 Å². The van der Waals surface area contributed by atoms with Crippen LogP contribution in [0.3, 0.4) is 0 Å². The minimum atomic E-state index is -0.105. The van der Waals surface area contributed by atoms with Crippen LogP contribution in [-0.2, 0) is 25.9 Å². The molecular formula is C10H15NOW. The van der Waals surface area contributed by atoms with Crippen molar-refractivity contribution < 1.29 is 25.9 Å². The Morgan fingerprint density at radius 2 is 1.69 bits per heavy atom. The molecule has 0 N–H and O–H groups in total. The number of aliphatic imine (C=N–C) groups is 1. The van der Waals surface area contributed by atoms with E-state index in [0.717, 1.165) is 0 Å². The van der Waals surface area contributed by atoms with E-state index >= 15 is 0 Å². The van der Waals surface area contributed by atoms with Crippen molar-refractivity contribution in [2.45, 2.75) is 34.6 Å². The fourth-order valence-electron chi connectivity index (χ4n) is 0.534. The van der Waals surface area contributed by atoms with Crippen LogP contribution in [0, 0.1) is 11.5 Å². The first-order valence-electron chi connectivity index (χ1n) is 3.90. The summed E-state index contributed by atoms with van der Waals surface area (Å²) in [5.41, 5.74) is 0.511. The first kappa shape index (κ1) is 15.2. The summed E-state index contributed by atoms with van der Waals surface area (Å²) in [5, 5.41) is 0. The Labute approximate surface area is 94.8 Å². The van der Waals surface area contributed by atoms with Gasteiger partial charge in [0, 0.05) is 0 Å². The number of nitrogens with zero attached hydrogens (tertiary/aromatic N) is 1. The van der Waals surface area contributed by atoms with Crippen molar-refractivity contribution in [2.24, 2.45) is 10.4 Å². The summed E-state index contributed by atoms with van der Waals surface area (Å²) in [6, 6.07) is 0. The molecule has 0 rings (SSSR count). The van der Waals surface area contributed by atoms with Gasteiger partial charge in [0.05, 0.1) is 0 Å². The molecule has 0 atom stereocenters. The zero-order valence-electron chi connectivity index (χ0n) is 8.76. The van der Waals surface area contributed by atoms with Gasteiger partial charge in [0.15, 0.2) is 0 Å². The molecule has 0 saturated carbocycles. The average Bonchev–Trinajstić information content (AvgIpc) is 1.80. The zero-order valence-corrected chi connectivity index (χ0v) is 11.7. The summed E-state index contributed by atoms with van der Waals surface area (Å²) < 4.78 is 0. The summed E-state index contributed by atoms with van der Waals surface area (Å²) in [5.74, 6) is -0.105. The predicted molar refractivity (Wildman–Crippen MR) is 50.0 cm³/mol. The molecule has 0 unspecified atom stereocenters. The molecule has 2 nitrogen and oxygen atoms in total. The topological polar surface area (TPSA) is 29.4 Å². The molecule has 0 saturated heterocycles. The Kier molecular flexibility index (Phi) is 7.34. The van der Waals surface area contributed by atoms with Gasteiger partial charge in [-0.2, -0.15) is 6.21 Å². The maximum absolute atomic E-state index is 10.6. The van der Waals surface area contributed by atoms with Gasteiger partial charge in [-0.1, -0.05) is 26.2 Å². The van der Waals surface area contributed by atoms with Crippen molar-refractivity contribution in [3.63, 3.8) is 0 Å². The first-order valence-corrected chi connectivity index (χ1v) is 3.90. The standard InChI is InChI=1S/C10H15NO.W/c1-8(6-9(2)12)11-7-10(3,4)5;/h1-5H3;/q-2;+2. The summed E-state index contributed by atoms with van der Waals surface area (Å²) in [7, 11) is 0. The normalized spacial score (nSPS) is 12.8. The van der Waals surface area contributed by atoms with E-state index in [-0.39, 0.29) is 32.3 Å². The molecule has 0 aromatic carbocycles. The molecule has 0 aliphatic carbocycles. The molecular weight excluding hydrogens is 334 g/mol. The molecule has 0 aliphatic rings. The Hall–Kier alpha value is -0.232. The van der Waals surface area contributed by atoms with Gasteiger partial charge in [0.2, 0.25) is 0 Å². The summed E-state index contributed by atoms with van der Waals surface area (Å²) in [6.45, 7) is 9.18. The van der Waals surface area contributed by atoms with Crippen molar-refractivity contribution in [3.8, 4) is 0 Å². The van der Waals surface area contributed by atoms with Gasteiger partial charge in [-0.3, -0.25) is 5.70 Å². The van der Waals surface area contributed by atoms with Crippen molar-refractivity contribution in [3.05, 3.63) is 11.8 Å². The number of Topliss-reactive ketones (excluding diaryl/α,β-unsaturated/α-hetero) is 1. The van der Waals surface area contributed by atoms with Crippen molar-refractivity contribution >= 4 is 12.0 Å². The van der Waals surface area contributed by atoms with Crippen molar-refractivity contribution in [1.82, 2.24) is 0 Å². The van der Waals surface area contributed by atoms with Crippen LogP contribution in [0.25, 0.3) is 0 Å². The van der Waals surface area contributed by atoms with Gasteiger partial charge in [0.1, 0.15) is 0 Å². The molecule has 0 amide bonds. The molecule has 72 valence electrons. The molecule has 0 spiro atoms. The monoisotopic (exact) mass is 349 g/mol. The van der Waals surface area contributed by atoms with E-state index in [1.165, 1.54) is 6.92 Å². The number of carbonyl (C=O) groups excluding carboxylic acids is 1. The van der Waals surface area contributed by atoms with E-state index < -0.39 is 0 Å². The maximum atomic E-state index is 10.6. The minimum absolute atomic E-state index is 0. The number of rotatable bonds is 2. The quantitative estimate of drug-likeness (QED) is 0.427. The number of hydrogen-bond acceptors (Lipinski definition) is 2. The third-order valence-corrected chi connectivity index (χ3v) is 0.916. The van der Waals surface area contributed by atoms with E-state index in [1.807, 2.05) is 20.8 Å². The number of ketones is 1. The summed E-state index contributed by atoms with van der Waals surface area (Å²) >= 11 is 0. The molecule has 0 heterocycles. The van der Waals surface area contributed by atoms with Gasteiger partial charge in [-0.05, 0) is 12.7 Å². The zero-order chi connectivity index (χ0) is 9.78. The molecule has 3 heteroatoms. The summed E-state index contributed by atoms with van der Waals surface area (Å²) in [4.78, 5) is 14.5. The van der Waals surface area contributed by atoms with Crippen LogP contribution in [0.1, 0.15) is 34.6 Å². The van der Waals surface area contributed by atoms with Gasteiger partial charge in [-0.25, -0.2) is 0 Å². The van der Waals surface area contributed by atoms with Gasteiger partial charge in [-0.15, -0.1) is 6.92 Å². The van der Waals surface area contributed by atoms with E-state index in [2.05, 4.69) is 17.3 Å². The fourth-order valence-corrected chi connectivity index (χ4v) is 0.534. The second kappa shape index (κ2) is 6.26. The molecule has 0 aromatic heterocycles. The number of hydrogen-bond donors (Lipinski definition) is 0. The van der Waals surface area contributed by atoms with Crippen LogP contribution in [0.2, 0.25) is 0 Å².